The van der Waals surface area contributed by atoms with Crippen LogP contribution < -0.4 is 10.1 Å². The molecule has 1 aromatic carbocycles. The number of nitrogens with zero attached hydrogens (tertiary/aromatic N) is 3. The first-order valence-electron chi connectivity index (χ1n) is 9.10. The minimum atomic E-state index is -0.342. The Hall–Kier alpha value is -2.93. The van der Waals surface area contributed by atoms with Crippen LogP contribution in [0.25, 0.3) is 11.1 Å². The number of carbonyl (C=O) groups is 1. The van der Waals surface area contributed by atoms with E-state index >= 15 is 0 Å². The summed E-state index contributed by atoms with van der Waals surface area (Å²) in [6.07, 6.45) is 5.69. The summed E-state index contributed by atoms with van der Waals surface area (Å²) >= 11 is 0. The number of hydrogen-bond donors (Lipinski definition) is 1. The summed E-state index contributed by atoms with van der Waals surface area (Å²) in [5.41, 5.74) is 2.28. The van der Waals surface area contributed by atoms with Gasteiger partial charge in [0.2, 0.25) is 11.8 Å². The fourth-order valence-corrected chi connectivity index (χ4v) is 3.48. The number of hydrogen-bond acceptors (Lipinski definition) is 6. The number of benzene rings is 1. The molecule has 0 unspecified atom stereocenters. The van der Waals surface area contributed by atoms with Gasteiger partial charge in [-0.3, -0.25) is 14.7 Å². The van der Waals surface area contributed by atoms with Gasteiger partial charge in [-0.1, -0.05) is 6.07 Å². The number of aromatic nitrogens is 2. The van der Waals surface area contributed by atoms with Crippen molar-refractivity contribution in [2.45, 2.75) is 25.4 Å². The Labute approximate surface area is 157 Å². The van der Waals surface area contributed by atoms with Crippen molar-refractivity contribution in [3.05, 3.63) is 54.2 Å². The number of methoxy groups -OCH3 is 1. The maximum atomic E-state index is 12.9. The van der Waals surface area contributed by atoms with Crippen molar-refractivity contribution in [1.82, 2.24) is 20.2 Å². The van der Waals surface area contributed by atoms with E-state index in [4.69, 9.17) is 9.15 Å². The summed E-state index contributed by atoms with van der Waals surface area (Å²) in [7, 11) is 1.61. The summed E-state index contributed by atoms with van der Waals surface area (Å²) in [6.45, 7) is 2.06. The zero-order valence-electron chi connectivity index (χ0n) is 15.2. The summed E-state index contributed by atoms with van der Waals surface area (Å²) < 4.78 is 10.9. The maximum Gasteiger partial charge on any atom is 0.242 e. The molecule has 1 fully saturated rings. The molecule has 0 aliphatic carbocycles. The van der Waals surface area contributed by atoms with Gasteiger partial charge in [0.25, 0.3) is 0 Å². The third-order valence-electron chi connectivity index (χ3n) is 4.81. The number of pyridine rings is 1. The van der Waals surface area contributed by atoms with Gasteiger partial charge in [0, 0.05) is 18.5 Å². The van der Waals surface area contributed by atoms with E-state index in [0.29, 0.717) is 17.0 Å². The van der Waals surface area contributed by atoms with Crippen LogP contribution in [0.2, 0.25) is 0 Å². The van der Waals surface area contributed by atoms with Gasteiger partial charge in [-0.2, -0.15) is 0 Å². The van der Waals surface area contributed by atoms with Crippen molar-refractivity contribution in [2.75, 3.05) is 20.2 Å². The minimum Gasteiger partial charge on any atom is -0.497 e. The molecule has 1 aliphatic heterocycles. The Kier molecular flexibility index (Phi) is 5.02. The second kappa shape index (κ2) is 7.75. The number of rotatable bonds is 6. The highest BCUT2D eigenvalue weighted by Gasteiger charge is 2.29. The number of amides is 1. The number of ether oxygens (including phenoxy) is 1. The Morgan fingerprint density at radius 2 is 2.19 bits per heavy atom. The molecule has 3 heterocycles. The monoisotopic (exact) mass is 366 g/mol. The molecule has 1 amide bonds. The lowest BCUT2D eigenvalue weighted by Crippen LogP contribution is -2.39. The molecule has 140 valence electrons. The van der Waals surface area contributed by atoms with Gasteiger partial charge in [-0.15, -0.1) is 0 Å². The average Bonchev–Trinajstić information content (AvgIpc) is 3.36. The maximum absolute atomic E-state index is 12.9. The van der Waals surface area contributed by atoms with Crippen LogP contribution in [0.4, 0.5) is 0 Å². The second-order valence-corrected chi connectivity index (χ2v) is 6.59. The Morgan fingerprint density at radius 3 is 2.93 bits per heavy atom. The SMILES string of the molecule is COc1ccc2oc(CNC(=O)[C@H](c3cccnc3)N3CCCC3)nc2c1. The average molecular weight is 366 g/mol. The first-order chi connectivity index (χ1) is 13.2. The van der Waals surface area contributed by atoms with Gasteiger partial charge in [0.15, 0.2) is 5.58 Å². The lowest BCUT2D eigenvalue weighted by Gasteiger charge is -2.26. The van der Waals surface area contributed by atoms with Crippen LogP contribution in [0.15, 0.2) is 47.1 Å². The van der Waals surface area contributed by atoms with Gasteiger partial charge in [-0.05, 0) is 49.7 Å². The van der Waals surface area contributed by atoms with Gasteiger partial charge in [-0.25, -0.2) is 4.98 Å². The van der Waals surface area contributed by atoms with Crippen LogP contribution >= 0.6 is 0 Å². The summed E-state index contributed by atoms with van der Waals surface area (Å²) in [5.74, 6) is 1.12. The molecule has 2 aromatic heterocycles. The van der Waals surface area contributed by atoms with Gasteiger partial charge in [0.1, 0.15) is 17.3 Å². The van der Waals surface area contributed by atoms with Gasteiger partial charge >= 0.3 is 0 Å². The first kappa shape index (κ1) is 17.5. The van der Waals surface area contributed by atoms with E-state index in [1.54, 1.807) is 19.5 Å². The molecular formula is C20H22N4O3. The van der Waals surface area contributed by atoms with Crippen molar-refractivity contribution in [2.24, 2.45) is 0 Å². The normalized spacial score (nSPS) is 15.7. The van der Waals surface area contributed by atoms with E-state index in [9.17, 15) is 4.79 Å². The molecule has 7 nitrogen and oxygen atoms in total. The molecule has 1 N–H and O–H groups in total. The third kappa shape index (κ3) is 3.78. The summed E-state index contributed by atoms with van der Waals surface area (Å²) in [5, 5.41) is 2.97. The van der Waals surface area contributed by atoms with Crippen LogP contribution in [0.5, 0.6) is 5.75 Å². The molecule has 0 bridgehead atoms. The highest BCUT2D eigenvalue weighted by molar-refractivity contribution is 5.83. The molecular weight excluding hydrogens is 344 g/mol. The third-order valence-corrected chi connectivity index (χ3v) is 4.81. The predicted octanol–water partition coefficient (Wildman–Crippen LogP) is 2.68. The van der Waals surface area contributed by atoms with E-state index in [0.717, 1.165) is 37.2 Å². The highest BCUT2D eigenvalue weighted by Crippen LogP contribution is 2.25. The zero-order valence-corrected chi connectivity index (χ0v) is 15.2. The Balaban J connectivity index is 1.49. The van der Waals surface area contributed by atoms with Crippen LogP contribution in [0.1, 0.15) is 30.3 Å². The molecule has 1 aliphatic rings. The quantitative estimate of drug-likeness (QED) is 0.722. The Bertz CT molecular complexity index is 919. The van der Waals surface area contributed by atoms with Crippen LogP contribution in [-0.2, 0) is 11.3 Å². The van der Waals surface area contributed by atoms with Gasteiger partial charge < -0.3 is 14.5 Å². The van der Waals surface area contributed by atoms with Crippen molar-refractivity contribution in [3.8, 4) is 5.75 Å². The molecule has 0 saturated carbocycles. The largest absolute Gasteiger partial charge is 0.497 e. The van der Waals surface area contributed by atoms with E-state index in [2.05, 4.69) is 20.2 Å². The molecule has 0 radical (unpaired) electrons. The van der Waals surface area contributed by atoms with Crippen molar-refractivity contribution in [1.29, 1.82) is 0 Å². The second-order valence-electron chi connectivity index (χ2n) is 6.59. The topological polar surface area (TPSA) is 80.5 Å². The smallest absolute Gasteiger partial charge is 0.242 e. The standard InChI is InChI=1S/C20H22N4O3/c1-26-15-6-7-17-16(11-15)23-18(27-17)13-22-20(25)19(24-9-2-3-10-24)14-5-4-8-21-12-14/h4-8,11-12,19H,2-3,9-10,13H2,1H3,(H,22,25)/t19-/m0/s1. The van der Waals surface area contributed by atoms with Crippen LogP contribution in [0.3, 0.4) is 0 Å². The summed E-state index contributed by atoms with van der Waals surface area (Å²) in [6, 6.07) is 8.91. The number of fused-ring (bicyclic) bond motifs is 1. The molecule has 27 heavy (non-hydrogen) atoms. The highest BCUT2D eigenvalue weighted by atomic mass is 16.5. The van der Waals surface area contributed by atoms with E-state index in [1.165, 1.54) is 0 Å². The lowest BCUT2D eigenvalue weighted by molar-refractivity contribution is -0.126. The van der Waals surface area contributed by atoms with E-state index < -0.39 is 0 Å². The molecule has 0 spiro atoms. The van der Waals surface area contributed by atoms with Crippen LogP contribution in [0, 0.1) is 0 Å². The number of likely N-dealkylation sites (tertiary alicyclic amines) is 1. The Morgan fingerprint density at radius 1 is 1.33 bits per heavy atom. The number of carbonyl (C=O) groups excluding carboxylic acids is 1. The van der Waals surface area contributed by atoms with Crippen LogP contribution in [-0.4, -0.2) is 41.0 Å². The van der Waals surface area contributed by atoms with Crippen molar-refractivity contribution < 1.29 is 13.9 Å². The fraction of sp³-hybridized carbons (Fsp3) is 0.350. The fourth-order valence-electron chi connectivity index (χ4n) is 3.48. The van der Waals surface area contributed by atoms with E-state index in [-0.39, 0.29) is 18.5 Å². The van der Waals surface area contributed by atoms with Gasteiger partial charge in [0.05, 0.1) is 13.7 Å². The molecule has 1 atom stereocenters. The number of nitrogens with one attached hydrogen (secondary N) is 1. The summed E-state index contributed by atoms with van der Waals surface area (Å²) in [4.78, 5) is 23.8. The number of oxazole rings is 1. The molecule has 3 aromatic rings. The molecule has 1 saturated heterocycles. The molecule has 4 rings (SSSR count). The lowest BCUT2D eigenvalue weighted by atomic mass is 10.1. The molecule has 7 heteroatoms. The first-order valence-corrected chi connectivity index (χ1v) is 9.10. The predicted molar refractivity (Wildman–Crippen MR) is 100 cm³/mol. The van der Waals surface area contributed by atoms with E-state index in [1.807, 2.05) is 30.3 Å². The zero-order chi connectivity index (χ0) is 18.6. The van der Waals surface area contributed by atoms with Crippen molar-refractivity contribution >= 4 is 17.0 Å². The minimum absolute atomic E-state index is 0.0651. The van der Waals surface area contributed by atoms with Crippen molar-refractivity contribution in [3.63, 3.8) is 0 Å².